The number of aromatic nitrogens is 7. The Hall–Kier alpha value is -4.70. The maximum atomic E-state index is 9.43. The number of hydrogen-bond donors (Lipinski definition) is 1. The van der Waals surface area contributed by atoms with E-state index in [0.29, 0.717) is 29.3 Å². The fraction of sp³-hybridized carbons (Fsp3) is 0.333. The molecular weight excluding hydrogens is 532 g/mol. The molecule has 1 N–H and O–H groups in total. The molecule has 0 bridgehead atoms. The summed E-state index contributed by atoms with van der Waals surface area (Å²) in [6, 6.07) is 17.8. The Morgan fingerprint density at radius 1 is 1.12 bits per heavy atom. The summed E-state index contributed by atoms with van der Waals surface area (Å²) >= 11 is 0. The molecule has 0 amide bonds. The number of hydrogen-bond acceptors (Lipinski definition) is 10. The summed E-state index contributed by atoms with van der Waals surface area (Å²) in [5, 5.41) is 26.1. The minimum Gasteiger partial charge on any atom is -0.379 e. The maximum absolute atomic E-state index is 9.43. The molecule has 0 spiro atoms. The standard InChI is InChI=1S/C30H30N10O2/c1-19-12-22(14-31)37-40(19)30-24(27-4-3-11-42-27)7-10-29(34-30)39-18-32-25-8-5-20(13-26(25)39)33-28-9-6-21(35-36-28)15-38-16-23(17-38)41-2/h5-10,12-13,18,23,27H,3-4,11,15-17H2,1-2H3,(H,33,36). The number of benzene rings is 1. The van der Waals surface area contributed by atoms with Gasteiger partial charge in [0.25, 0.3) is 0 Å². The number of anilines is 2. The quantitative estimate of drug-likeness (QED) is 0.296. The van der Waals surface area contributed by atoms with Gasteiger partial charge in [0.15, 0.2) is 17.3 Å². The van der Waals surface area contributed by atoms with Crippen molar-refractivity contribution in [1.29, 1.82) is 5.26 Å². The van der Waals surface area contributed by atoms with Gasteiger partial charge in [0, 0.05) is 50.3 Å². The zero-order valence-corrected chi connectivity index (χ0v) is 23.4. The molecule has 42 heavy (non-hydrogen) atoms. The number of nitrogens with zero attached hydrogens (tertiary/aromatic N) is 9. The second kappa shape index (κ2) is 10.9. The normalized spacial score (nSPS) is 17.4. The third-order valence-electron chi connectivity index (χ3n) is 7.80. The topological polar surface area (TPSA) is 132 Å². The molecule has 6 heterocycles. The molecule has 1 aromatic carbocycles. The molecule has 0 aliphatic carbocycles. The van der Waals surface area contributed by atoms with Crippen LogP contribution in [0.3, 0.4) is 0 Å². The highest BCUT2D eigenvalue weighted by Crippen LogP contribution is 2.33. The molecule has 212 valence electrons. The fourth-order valence-electron chi connectivity index (χ4n) is 5.53. The summed E-state index contributed by atoms with van der Waals surface area (Å²) in [5.74, 6) is 2.00. The Morgan fingerprint density at radius 3 is 2.76 bits per heavy atom. The Morgan fingerprint density at radius 2 is 2.02 bits per heavy atom. The number of ether oxygens (including phenoxy) is 2. The second-order valence-electron chi connectivity index (χ2n) is 10.7. The summed E-state index contributed by atoms with van der Waals surface area (Å²) in [6.07, 6.45) is 3.93. The van der Waals surface area contributed by atoms with E-state index in [2.05, 4.69) is 36.6 Å². The van der Waals surface area contributed by atoms with Crippen molar-refractivity contribution in [2.75, 3.05) is 32.1 Å². The number of fused-ring (bicyclic) bond motifs is 1. The molecule has 1 unspecified atom stereocenters. The van der Waals surface area contributed by atoms with Crippen LogP contribution in [0.25, 0.3) is 22.7 Å². The van der Waals surface area contributed by atoms with Crippen molar-refractivity contribution in [3.8, 4) is 17.7 Å². The molecule has 2 saturated heterocycles. The van der Waals surface area contributed by atoms with E-state index in [4.69, 9.17) is 14.5 Å². The first-order chi connectivity index (χ1) is 20.6. The molecule has 7 rings (SSSR count). The Balaban J connectivity index is 1.17. The van der Waals surface area contributed by atoms with Crippen LogP contribution in [0, 0.1) is 18.3 Å². The molecule has 4 aromatic heterocycles. The van der Waals surface area contributed by atoms with Crippen molar-refractivity contribution in [1.82, 2.24) is 39.4 Å². The van der Waals surface area contributed by atoms with Crippen LogP contribution in [0.1, 0.15) is 41.6 Å². The number of likely N-dealkylation sites (tertiary alicyclic amines) is 1. The lowest BCUT2D eigenvalue weighted by Crippen LogP contribution is -2.51. The van der Waals surface area contributed by atoms with Crippen molar-refractivity contribution in [2.45, 2.75) is 38.5 Å². The van der Waals surface area contributed by atoms with Crippen LogP contribution in [0.5, 0.6) is 0 Å². The predicted octanol–water partition coefficient (Wildman–Crippen LogP) is 4.00. The molecule has 5 aromatic rings. The summed E-state index contributed by atoms with van der Waals surface area (Å²) in [6.45, 7) is 5.23. The number of methoxy groups -OCH3 is 1. The van der Waals surface area contributed by atoms with Crippen LogP contribution >= 0.6 is 0 Å². The maximum Gasteiger partial charge on any atom is 0.163 e. The van der Waals surface area contributed by atoms with E-state index in [9.17, 15) is 5.26 Å². The highest BCUT2D eigenvalue weighted by atomic mass is 16.5. The van der Waals surface area contributed by atoms with E-state index in [1.165, 1.54) is 0 Å². The summed E-state index contributed by atoms with van der Waals surface area (Å²) in [7, 11) is 1.75. The lowest BCUT2D eigenvalue weighted by atomic mass is 10.1. The first-order valence-corrected chi connectivity index (χ1v) is 14.0. The SMILES string of the molecule is COC1CN(Cc2ccc(Nc3ccc4ncn(-c5ccc(C6CCCO6)c(-n6nc(C#N)cc6C)n5)c4c3)nn2)C1. The molecule has 0 saturated carbocycles. The van der Waals surface area contributed by atoms with E-state index in [1.54, 1.807) is 24.2 Å². The van der Waals surface area contributed by atoms with Gasteiger partial charge < -0.3 is 14.8 Å². The highest BCUT2D eigenvalue weighted by molar-refractivity contribution is 5.82. The first-order valence-electron chi connectivity index (χ1n) is 14.0. The van der Waals surface area contributed by atoms with Gasteiger partial charge in [-0.25, -0.2) is 14.6 Å². The lowest BCUT2D eigenvalue weighted by Gasteiger charge is -2.37. The van der Waals surface area contributed by atoms with Gasteiger partial charge in [0.05, 0.1) is 28.9 Å². The number of nitrogens with one attached hydrogen (secondary N) is 1. The molecule has 12 nitrogen and oxygen atoms in total. The van der Waals surface area contributed by atoms with Crippen LogP contribution in [0.15, 0.2) is 54.9 Å². The Bertz CT molecular complexity index is 1780. The van der Waals surface area contributed by atoms with E-state index >= 15 is 0 Å². The van der Waals surface area contributed by atoms with Gasteiger partial charge in [0.2, 0.25) is 0 Å². The minimum atomic E-state index is -0.0632. The number of imidazole rings is 1. The van der Waals surface area contributed by atoms with E-state index in [0.717, 1.165) is 72.8 Å². The van der Waals surface area contributed by atoms with Gasteiger partial charge >= 0.3 is 0 Å². The molecule has 12 heteroatoms. The van der Waals surface area contributed by atoms with Crippen LogP contribution in [0.2, 0.25) is 0 Å². The van der Waals surface area contributed by atoms with Gasteiger partial charge in [-0.05, 0) is 68.3 Å². The van der Waals surface area contributed by atoms with Crippen LogP contribution in [-0.4, -0.2) is 72.3 Å². The smallest absolute Gasteiger partial charge is 0.163 e. The fourth-order valence-corrected chi connectivity index (χ4v) is 5.53. The minimum absolute atomic E-state index is 0.0632. The molecular formula is C30H30N10O2. The molecule has 1 atom stereocenters. The number of aryl methyl sites for hydroxylation is 1. The first kappa shape index (κ1) is 26.2. The van der Waals surface area contributed by atoms with Crippen LogP contribution in [0.4, 0.5) is 11.5 Å². The number of rotatable bonds is 8. The summed E-state index contributed by atoms with van der Waals surface area (Å²) in [4.78, 5) is 11.9. The Labute approximate surface area is 242 Å². The lowest BCUT2D eigenvalue weighted by molar-refractivity contribution is -0.0340. The largest absolute Gasteiger partial charge is 0.379 e. The summed E-state index contributed by atoms with van der Waals surface area (Å²) in [5.41, 5.74) is 5.62. The van der Waals surface area contributed by atoms with Crippen LogP contribution < -0.4 is 5.32 Å². The molecule has 2 fully saturated rings. The predicted molar refractivity (Wildman–Crippen MR) is 155 cm³/mol. The second-order valence-corrected chi connectivity index (χ2v) is 10.7. The Kier molecular flexibility index (Phi) is 6.83. The zero-order valence-electron chi connectivity index (χ0n) is 23.4. The highest BCUT2D eigenvalue weighted by Gasteiger charge is 2.27. The van der Waals surface area contributed by atoms with Gasteiger partial charge in [0.1, 0.15) is 18.2 Å². The van der Waals surface area contributed by atoms with Crippen molar-refractivity contribution in [3.63, 3.8) is 0 Å². The van der Waals surface area contributed by atoms with E-state index in [1.807, 2.05) is 54.0 Å². The number of pyridine rings is 1. The average molecular weight is 563 g/mol. The van der Waals surface area contributed by atoms with Crippen molar-refractivity contribution >= 4 is 22.5 Å². The summed E-state index contributed by atoms with van der Waals surface area (Å²) < 4.78 is 15.0. The number of nitriles is 1. The molecule has 0 radical (unpaired) electrons. The van der Waals surface area contributed by atoms with Gasteiger partial charge in [-0.3, -0.25) is 9.47 Å². The van der Waals surface area contributed by atoms with Crippen molar-refractivity contribution in [3.05, 3.63) is 77.5 Å². The van der Waals surface area contributed by atoms with Crippen molar-refractivity contribution < 1.29 is 9.47 Å². The molecule has 2 aliphatic rings. The molecule has 2 aliphatic heterocycles. The van der Waals surface area contributed by atoms with Gasteiger partial charge in [-0.1, -0.05) is 0 Å². The van der Waals surface area contributed by atoms with Gasteiger partial charge in [-0.15, -0.1) is 5.10 Å². The monoisotopic (exact) mass is 562 g/mol. The third kappa shape index (κ3) is 4.98. The van der Waals surface area contributed by atoms with Crippen molar-refractivity contribution in [2.24, 2.45) is 0 Å². The van der Waals surface area contributed by atoms with E-state index < -0.39 is 0 Å². The van der Waals surface area contributed by atoms with E-state index in [-0.39, 0.29) is 6.10 Å². The zero-order chi connectivity index (χ0) is 28.6. The van der Waals surface area contributed by atoms with Crippen LogP contribution in [-0.2, 0) is 16.0 Å². The average Bonchev–Trinajstić information content (AvgIpc) is 3.75. The van der Waals surface area contributed by atoms with Gasteiger partial charge in [-0.2, -0.15) is 15.5 Å². The third-order valence-corrected chi connectivity index (χ3v) is 7.80.